The monoisotopic (exact) mass is 372 g/mol. The predicted octanol–water partition coefficient (Wildman–Crippen LogP) is 0.986. The summed E-state index contributed by atoms with van der Waals surface area (Å²) in [5.74, 6) is -0.441. The van der Waals surface area contributed by atoms with Gasteiger partial charge in [-0.2, -0.15) is 0 Å². The van der Waals surface area contributed by atoms with Crippen LogP contribution in [0.15, 0.2) is 48.5 Å². The maximum Gasteiger partial charge on any atom is 0.337 e. The van der Waals surface area contributed by atoms with E-state index in [0.29, 0.717) is 22.5 Å². The molecule has 0 spiro atoms. The van der Waals surface area contributed by atoms with Crippen molar-refractivity contribution >= 4 is 33.9 Å². The van der Waals surface area contributed by atoms with Crippen LogP contribution in [-0.4, -0.2) is 23.0 Å². The van der Waals surface area contributed by atoms with Crippen LogP contribution in [0.5, 0.6) is 0 Å². The van der Waals surface area contributed by atoms with E-state index in [-0.39, 0.29) is 18.1 Å². The van der Waals surface area contributed by atoms with Gasteiger partial charge in [-0.25, -0.2) is 4.79 Å². The number of rotatable bonds is 4. The summed E-state index contributed by atoms with van der Waals surface area (Å²) >= 11 is 0. The van der Waals surface area contributed by atoms with E-state index in [1.165, 1.54) is 19.2 Å². The minimum Gasteiger partial charge on any atom is -1.00 e. The molecule has 0 radical (unpaired) electrons. The first-order chi connectivity index (χ1) is 12.0. The Morgan fingerprint density at radius 1 is 1.19 bits per heavy atom. The summed E-state index contributed by atoms with van der Waals surface area (Å²) in [4.78, 5) is 26.7. The summed E-state index contributed by atoms with van der Waals surface area (Å²) in [6, 6.07) is 13.1. The number of non-ortho nitro benzene ring substituents is 1. The molecule has 0 fully saturated rings. The van der Waals surface area contributed by atoms with Crippen LogP contribution in [0.25, 0.3) is 10.9 Å². The topological polar surface area (TPSA) is 94.4 Å². The zero-order chi connectivity index (χ0) is 18.0. The lowest BCUT2D eigenvalue weighted by molar-refractivity contribution is -0.384. The second-order valence-electron chi connectivity index (χ2n) is 5.47. The average Bonchev–Trinajstić information content (AvgIpc) is 2.60. The van der Waals surface area contributed by atoms with Crippen LogP contribution in [0.1, 0.15) is 16.1 Å². The van der Waals surface area contributed by atoms with E-state index in [2.05, 4.69) is 10.3 Å². The lowest BCUT2D eigenvalue weighted by atomic mass is 10.1. The molecule has 0 aliphatic heterocycles. The number of ether oxygens (including phenoxy) is 1. The van der Waals surface area contributed by atoms with E-state index in [9.17, 15) is 14.9 Å². The first-order valence-corrected chi connectivity index (χ1v) is 7.49. The van der Waals surface area contributed by atoms with E-state index >= 15 is 0 Å². The Labute approximate surface area is 155 Å². The van der Waals surface area contributed by atoms with E-state index in [0.717, 1.165) is 11.1 Å². The number of hydrogen-bond acceptors (Lipinski definition) is 6. The van der Waals surface area contributed by atoms with Crippen LogP contribution in [0.3, 0.4) is 0 Å². The highest BCUT2D eigenvalue weighted by Gasteiger charge is 2.11. The van der Waals surface area contributed by atoms with Crippen molar-refractivity contribution in [1.29, 1.82) is 0 Å². The van der Waals surface area contributed by atoms with Gasteiger partial charge in [-0.05, 0) is 37.3 Å². The normalized spacial score (nSPS) is 10.1. The molecule has 134 valence electrons. The van der Waals surface area contributed by atoms with Crippen molar-refractivity contribution in [2.45, 2.75) is 6.92 Å². The maximum atomic E-state index is 11.8. The van der Waals surface area contributed by atoms with Crippen LogP contribution in [0.2, 0.25) is 0 Å². The standard InChI is InChI=1S/C18H15N3O4.ClH/c1-11-8-17(20-13-4-3-5-14(10-13)21(23)24)15-9-12(18(22)25-2)6-7-16(15)19-11;/h3-10H,1-2H3,(H,19,20);1H/p-1. The van der Waals surface area contributed by atoms with Crippen LogP contribution >= 0.6 is 0 Å². The molecular formula is C18H15ClN3O4-. The van der Waals surface area contributed by atoms with Gasteiger partial charge in [0, 0.05) is 34.6 Å². The fraction of sp³-hybridized carbons (Fsp3) is 0.111. The van der Waals surface area contributed by atoms with Gasteiger partial charge in [0.25, 0.3) is 5.69 Å². The number of aromatic nitrogens is 1. The highest BCUT2D eigenvalue weighted by atomic mass is 35.5. The molecule has 0 amide bonds. The molecule has 1 heterocycles. The highest BCUT2D eigenvalue weighted by Crippen LogP contribution is 2.29. The molecule has 1 aromatic heterocycles. The van der Waals surface area contributed by atoms with Gasteiger partial charge >= 0.3 is 5.97 Å². The number of nitrogens with zero attached hydrogens (tertiary/aromatic N) is 2. The molecule has 3 rings (SSSR count). The van der Waals surface area contributed by atoms with Gasteiger partial charge in [-0.1, -0.05) is 6.07 Å². The number of nitrogens with one attached hydrogen (secondary N) is 1. The number of benzene rings is 2. The van der Waals surface area contributed by atoms with Gasteiger partial charge in [0.15, 0.2) is 0 Å². The number of hydrogen-bond donors (Lipinski definition) is 1. The molecule has 8 heteroatoms. The summed E-state index contributed by atoms with van der Waals surface area (Å²) in [5, 5.41) is 14.8. The molecule has 0 aliphatic carbocycles. The summed E-state index contributed by atoms with van der Waals surface area (Å²) < 4.78 is 4.75. The minimum absolute atomic E-state index is 0. The number of nitro benzene ring substituents is 1. The summed E-state index contributed by atoms with van der Waals surface area (Å²) in [6.45, 7) is 1.85. The zero-order valence-electron chi connectivity index (χ0n) is 14.0. The molecule has 0 saturated heterocycles. The van der Waals surface area contributed by atoms with Crippen molar-refractivity contribution in [3.8, 4) is 0 Å². The number of nitro groups is 1. The van der Waals surface area contributed by atoms with Crippen molar-refractivity contribution in [2.24, 2.45) is 0 Å². The van der Waals surface area contributed by atoms with Gasteiger partial charge in [0.05, 0.1) is 23.1 Å². The van der Waals surface area contributed by atoms with E-state index in [4.69, 9.17) is 4.74 Å². The maximum absolute atomic E-state index is 11.8. The highest BCUT2D eigenvalue weighted by molar-refractivity contribution is 5.99. The van der Waals surface area contributed by atoms with Crippen molar-refractivity contribution < 1.29 is 26.9 Å². The molecule has 1 N–H and O–H groups in total. The number of methoxy groups -OCH3 is 1. The third-order valence-corrected chi connectivity index (χ3v) is 3.69. The van der Waals surface area contributed by atoms with Crippen molar-refractivity contribution in [3.63, 3.8) is 0 Å². The van der Waals surface area contributed by atoms with Gasteiger partial charge in [-0.3, -0.25) is 15.1 Å². The molecule has 3 aromatic rings. The molecule has 0 atom stereocenters. The number of carbonyl (C=O) groups is 1. The Hall–Kier alpha value is -3.19. The third-order valence-electron chi connectivity index (χ3n) is 3.69. The molecule has 0 bridgehead atoms. The Kier molecular flexibility index (Phi) is 5.74. The molecule has 0 unspecified atom stereocenters. The SMILES string of the molecule is COC(=O)c1ccc2nc(C)cc(Nc3cccc([N+](=O)[O-])c3)c2c1.[Cl-]. The second-order valence-corrected chi connectivity index (χ2v) is 5.47. The second kappa shape index (κ2) is 7.79. The Morgan fingerprint density at radius 2 is 1.96 bits per heavy atom. The van der Waals surface area contributed by atoms with Crippen LogP contribution in [-0.2, 0) is 4.74 Å². The number of halogens is 1. The number of esters is 1. The Bertz CT molecular complexity index is 991. The van der Waals surface area contributed by atoms with Crippen LogP contribution in [0, 0.1) is 17.0 Å². The minimum atomic E-state index is -0.448. The largest absolute Gasteiger partial charge is 1.00 e. The van der Waals surface area contributed by atoms with E-state index in [1.807, 2.05) is 13.0 Å². The van der Waals surface area contributed by atoms with Crippen molar-refractivity contribution in [1.82, 2.24) is 4.98 Å². The number of pyridine rings is 1. The summed E-state index contributed by atoms with van der Waals surface area (Å²) in [5.41, 5.74) is 3.17. The molecule has 7 nitrogen and oxygen atoms in total. The quantitative estimate of drug-likeness (QED) is 0.417. The van der Waals surface area contributed by atoms with Gasteiger partial charge < -0.3 is 22.5 Å². The number of aryl methyl sites for hydroxylation is 1. The fourth-order valence-electron chi connectivity index (χ4n) is 2.56. The van der Waals surface area contributed by atoms with Gasteiger partial charge in [-0.15, -0.1) is 0 Å². The Morgan fingerprint density at radius 3 is 2.65 bits per heavy atom. The Balaban J connectivity index is 0.00000243. The lowest BCUT2D eigenvalue weighted by Gasteiger charge is -2.12. The average molecular weight is 373 g/mol. The lowest BCUT2D eigenvalue weighted by Crippen LogP contribution is -3.00. The molecule has 2 aromatic carbocycles. The molecular weight excluding hydrogens is 358 g/mol. The number of fused-ring (bicyclic) bond motifs is 1. The van der Waals surface area contributed by atoms with Crippen LogP contribution in [0.4, 0.5) is 17.1 Å². The molecule has 0 aliphatic rings. The number of anilines is 2. The summed E-state index contributed by atoms with van der Waals surface area (Å²) in [6.07, 6.45) is 0. The third kappa shape index (κ3) is 3.89. The summed E-state index contributed by atoms with van der Waals surface area (Å²) in [7, 11) is 1.32. The van der Waals surface area contributed by atoms with E-state index < -0.39 is 10.9 Å². The fourth-order valence-corrected chi connectivity index (χ4v) is 2.56. The molecule has 0 saturated carbocycles. The first kappa shape index (κ1) is 19.1. The van der Waals surface area contributed by atoms with Crippen LogP contribution < -0.4 is 17.7 Å². The smallest absolute Gasteiger partial charge is 0.337 e. The zero-order valence-corrected chi connectivity index (χ0v) is 14.8. The van der Waals surface area contributed by atoms with Gasteiger partial charge in [0.1, 0.15) is 0 Å². The first-order valence-electron chi connectivity index (χ1n) is 7.49. The van der Waals surface area contributed by atoms with Crippen molar-refractivity contribution in [3.05, 3.63) is 69.9 Å². The predicted molar refractivity (Wildman–Crippen MR) is 94.2 cm³/mol. The van der Waals surface area contributed by atoms with E-state index in [1.54, 1.807) is 30.3 Å². The van der Waals surface area contributed by atoms with Crippen molar-refractivity contribution in [2.75, 3.05) is 12.4 Å². The number of carbonyl (C=O) groups excluding carboxylic acids is 1. The molecule has 26 heavy (non-hydrogen) atoms. The van der Waals surface area contributed by atoms with Gasteiger partial charge in [0.2, 0.25) is 0 Å².